The average molecular weight is 393 g/mol. The van der Waals surface area contributed by atoms with Crippen LogP contribution in [0.3, 0.4) is 0 Å². The second kappa shape index (κ2) is 7.62. The molecular formula is C24H32N4O. The maximum Gasteiger partial charge on any atom is 0.212 e. The normalized spacial score (nSPS) is 12.3. The molecule has 3 aromatic rings. The van der Waals surface area contributed by atoms with Crippen LogP contribution in [-0.2, 0) is 17.9 Å². The minimum Gasteiger partial charge on any atom is -0.478 e. The fourth-order valence-electron chi connectivity index (χ4n) is 3.04. The summed E-state index contributed by atoms with van der Waals surface area (Å²) in [5.74, 6) is 1.51. The van der Waals surface area contributed by atoms with Gasteiger partial charge in [0, 0.05) is 35.1 Å². The molecule has 0 fully saturated rings. The molecule has 3 rings (SSSR count). The third kappa shape index (κ3) is 4.66. The van der Waals surface area contributed by atoms with Gasteiger partial charge in [0.1, 0.15) is 0 Å². The van der Waals surface area contributed by atoms with E-state index >= 15 is 0 Å². The van der Waals surface area contributed by atoms with Crippen molar-refractivity contribution in [3.05, 3.63) is 47.8 Å². The van der Waals surface area contributed by atoms with Crippen LogP contribution in [0.1, 0.15) is 59.9 Å². The van der Waals surface area contributed by atoms with E-state index in [4.69, 9.17) is 14.7 Å². The first-order chi connectivity index (χ1) is 13.5. The molecule has 0 atom stereocenters. The molecule has 154 valence electrons. The van der Waals surface area contributed by atoms with Crippen molar-refractivity contribution in [2.24, 2.45) is 7.05 Å². The molecule has 0 aliphatic rings. The van der Waals surface area contributed by atoms with Gasteiger partial charge in [-0.3, -0.25) is 0 Å². The lowest BCUT2D eigenvalue weighted by molar-refractivity contribution is 0.309. The Hall–Kier alpha value is -2.69. The molecule has 2 aromatic heterocycles. The van der Waals surface area contributed by atoms with Crippen LogP contribution >= 0.6 is 0 Å². The Balaban J connectivity index is 2.10. The maximum atomic E-state index is 5.64. The smallest absolute Gasteiger partial charge is 0.212 e. The third-order valence-electron chi connectivity index (χ3n) is 4.81. The van der Waals surface area contributed by atoms with E-state index in [1.807, 2.05) is 26.1 Å². The summed E-state index contributed by atoms with van der Waals surface area (Å²) in [6.07, 6.45) is 0. The zero-order chi connectivity index (χ0) is 21.4. The zero-order valence-electron chi connectivity index (χ0n) is 18.9. The molecule has 0 unspecified atom stereocenters. The highest BCUT2D eigenvalue weighted by molar-refractivity contribution is 5.68. The lowest BCUT2D eigenvalue weighted by Gasteiger charge is -2.24. The molecule has 0 radical (unpaired) electrons. The number of aryl methyl sites for hydroxylation is 1. The van der Waals surface area contributed by atoms with Gasteiger partial charge in [-0.2, -0.15) is 5.10 Å². The first-order valence-corrected chi connectivity index (χ1v) is 10.2. The highest BCUT2D eigenvalue weighted by atomic mass is 16.5. The van der Waals surface area contributed by atoms with E-state index in [2.05, 4.69) is 70.9 Å². The van der Waals surface area contributed by atoms with Gasteiger partial charge in [-0.25, -0.2) is 14.6 Å². The van der Waals surface area contributed by atoms with Gasteiger partial charge in [0.2, 0.25) is 5.88 Å². The summed E-state index contributed by atoms with van der Waals surface area (Å²) in [7, 11) is 1.89. The van der Waals surface area contributed by atoms with Gasteiger partial charge in [-0.15, -0.1) is 0 Å². The first kappa shape index (κ1) is 21.0. The monoisotopic (exact) mass is 392 g/mol. The molecule has 0 aliphatic carbocycles. The number of benzene rings is 1. The van der Waals surface area contributed by atoms with Crippen molar-refractivity contribution >= 4 is 0 Å². The molecule has 0 N–H and O–H groups in total. The van der Waals surface area contributed by atoms with Crippen molar-refractivity contribution in [2.75, 3.05) is 6.61 Å². The van der Waals surface area contributed by atoms with Gasteiger partial charge >= 0.3 is 0 Å². The lowest BCUT2D eigenvalue weighted by Crippen LogP contribution is -2.20. The fraction of sp³-hybridized carbons (Fsp3) is 0.458. The minimum atomic E-state index is -0.0529. The van der Waals surface area contributed by atoms with Crippen molar-refractivity contribution in [1.29, 1.82) is 0 Å². The van der Waals surface area contributed by atoms with Crippen LogP contribution in [0.2, 0.25) is 0 Å². The number of hydrogen-bond acceptors (Lipinski definition) is 4. The summed E-state index contributed by atoms with van der Waals surface area (Å²) < 4.78 is 7.40. The number of hydrogen-bond donors (Lipinski definition) is 0. The van der Waals surface area contributed by atoms with Crippen molar-refractivity contribution in [3.63, 3.8) is 0 Å². The Kier molecular flexibility index (Phi) is 5.52. The van der Waals surface area contributed by atoms with Crippen LogP contribution < -0.4 is 4.74 Å². The van der Waals surface area contributed by atoms with Crippen molar-refractivity contribution < 1.29 is 4.74 Å². The molecule has 0 amide bonds. The third-order valence-corrected chi connectivity index (χ3v) is 4.81. The molecule has 0 bridgehead atoms. The standard InChI is InChI=1S/C24H32N4O/c1-9-29-21-14-18(27-28(21)8)16-11-10-12-17(13-16)22-25-19(23(2,3)4)15-20(26-22)24(5,6)7/h10-15H,9H2,1-8H3. The first-order valence-electron chi connectivity index (χ1n) is 10.2. The molecule has 5 nitrogen and oxygen atoms in total. The minimum absolute atomic E-state index is 0.0529. The van der Waals surface area contributed by atoms with E-state index in [-0.39, 0.29) is 10.8 Å². The second-order valence-electron chi connectivity index (χ2n) is 9.47. The second-order valence-corrected chi connectivity index (χ2v) is 9.47. The summed E-state index contributed by atoms with van der Waals surface area (Å²) in [6.45, 7) is 15.7. The largest absolute Gasteiger partial charge is 0.478 e. The Morgan fingerprint density at radius 1 is 0.862 bits per heavy atom. The topological polar surface area (TPSA) is 52.8 Å². The molecule has 5 heteroatoms. The van der Waals surface area contributed by atoms with Crippen molar-refractivity contribution in [2.45, 2.75) is 59.3 Å². The summed E-state index contributed by atoms with van der Waals surface area (Å²) in [6, 6.07) is 12.4. The number of aromatic nitrogens is 4. The molecule has 0 spiro atoms. The predicted molar refractivity (Wildman–Crippen MR) is 118 cm³/mol. The highest BCUT2D eigenvalue weighted by Gasteiger charge is 2.23. The molecule has 1 aromatic carbocycles. The molecule has 0 saturated heterocycles. The van der Waals surface area contributed by atoms with Gasteiger partial charge in [0.25, 0.3) is 0 Å². The van der Waals surface area contributed by atoms with E-state index in [1.54, 1.807) is 4.68 Å². The summed E-state index contributed by atoms with van der Waals surface area (Å²) in [5.41, 5.74) is 4.88. The summed E-state index contributed by atoms with van der Waals surface area (Å²) >= 11 is 0. The summed E-state index contributed by atoms with van der Waals surface area (Å²) in [5, 5.41) is 4.60. The Morgan fingerprint density at radius 2 is 1.45 bits per heavy atom. The molecule has 0 aliphatic heterocycles. The van der Waals surface area contributed by atoms with E-state index in [0.717, 1.165) is 39.9 Å². The van der Waals surface area contributed by atoms with Crippen LogP contribution in [0, 0.1) is 0 Å². The van der Waals surface area contributed by atoms with Crippen LogP contribution in [-0.4, -0.2) is 26.4 Å². The van der Waals surface area contributed by atoms with Crippen LogP contribution in [0.5, 0.6) is 5.88 Å². The zero-order valence-corrected chi connectivity index (χ0v) is 18.9. The molecular weight excluding hydrogens is 360 g/mol. The van der Waals surface area contributed by atoms with Crippen LogP contribution in [0.25, 0.3) is 22.6 Å². The quantitative estimate of drug-likeness (QED) is 0.585. The van der Waals surface area contributed by atoms with E-state index < -0.39 is 0 Å². The van der Waals surface area contributed by atoms with E-state index in [9.17, 15) is 0 Å². The summed E-state index contributed by atoms with van der Waals surface area (Å²) in [4.78, 5) is 9.83. The SMILES string of the molecule is CCOc1cc(-c2cccc(-c3nc(C(C)(C)C)cc(C(C)(C)C)n3)c2)nn1C. The van der Waals surface area contributed by atoms with Gasteiger partial charge in [-0.05, 0) is 19.1 Å². The van der Waals surface area contributed by atoms with Gasteiger partial charge in [0.05, 0.1) is 23.7 Å². The van der Waals surface area contributed by atoms with Crippen molar-refractivity contribution in [1.82, 2.24) is 19.7 Å². The van der Waals surface area contributed by atoms with Crippen LogP contribution in [0.15, 0.2) is 36.4 Å². The molecule has 0 saturated carbocycles. The van der Waals surface area contributed by atoms with Crippen molar-refractivity contribution in [3.8, 4) is 28.5 Å². The number of nitrogens with zero attached hydrogens (tertiary/aromatic N) is 4. The average Bonchev–Trinajstić information content (AvgIpc) is 3.01. The lowest BCUT2D eigenvalue weighted by atomic mass is 9.86. The maximum absolute atomic E-state index is 5.64. The Bertz CT molecular complexity index is 974. The van der Waals surface area contributed by atoms with Gasteiger partial charge in [-0.1, -0.05) is 59.7 Å². The number of rotatable bonds is 4. The Morgan fingerprint density at radius 3 is 2.00 bits per heavy atom. The fourth-order valence-corrected chi connectivity index (χ4v) is 3.04. The van der Waals surface area contributed by atoms with Gasteiger partial charge < -0.3 is 4.74 Å². The van der Waals surface area contributed by atoms with E-state index in [0.29, 0.717) is 6.61 Å². The predicted octanol–water partition coefficient (Wildman–Crippen LogP) is 5.54. The van der Waals surface area contributed by atoms with E-state index in [1.165, 1.54) is 0 Å². The molecule has 2 heterocycles. The van der Waals surface area contributed by atoms with Gasteiger partial charge in [0.15, 0.2) is 5.82 Å². The molecule has 29 heavy (non-hydrogen) atoms. The Labute approximate surface area is 174 Å². The number of ether oxygens (including phenoxy) is 1. The van der Waals surface area contributed by atoms with Crippen LogP contribution in [0.4, 0.5) is 0 Å². The highest BCUT2D eigenvalue weighted by Crippen LogP contribution is 2.31.